The maximum atomic E-state index is 12.5. The standard InChI is InChI=1S/C22H28N2O3/c1-14(25)18-3-2-4-19(8-18)24-21(27)13-23-20(26)12-22-9-15-5-16(10-22)7-17(6-15)11-22/h2-4,8,15-17H,5-7,9-13H2,1H3,(H,23,26)(H,24,27). The molecule has 0 atom stereocenters. The zero-order valence-electron chi connectivity index (χ0n) is 15.9. The maximum Gasteiger partial charge on any atom is 0.243 e. The lowest BCUT2D eigenvalue weighted by Gasteiger charge is -2.56. The van der Waals surface area contributed by atoms with Crippen molar-refractivity contribution in [2.75, 3.05) is 11.9 Å². The Bertz CT molecular complexity index is 735. The van der Waals surface area contributed by atoms with Crippen molar-refractivity contribution in [3.8, 4) is 0 Å². The molecule has 5 rings (SSSR count). The molecular weight excluding hydrogens is 340 g/mol. The van der Waals surface area contributed by atoms with Gasteiger partial charge in [0, 0.05) is 17.7 Å². The monoisotopic (exact) mass is 368 g/mol. The molecule has 0 aromatic heterocycles. The van der Waals surface area contributed by atoms with E-state index in [1.165, 1.54) is 45.4 Å². The average molecular weight is 368 g/mol. The van der Waals surface area contributed by atoms with E-state index in [-0.39, 0.29) is 29.6 Å². The number of amides is 2. The van der Waals surface area contributed by atoms with Crippen LogP contribution in [-0.4, -0.2) is 24.1 Å². The van der Waals surface area contributed by atoms with Gasteiger partial charge in [0.25, 0.3) is 0 Å². The molecule has 0 spiro atoms. The lowest BCUT2D eigenvalue weighted by atomic mass is 9.49. The number of carbonyl (C=O) groups excluding carboxylic acids is 3. The molecule has 4 bridgehead atoms. The second-order valence-corrected chi connectivity index (χ2v) is 9.06. The molecule has 1 aromatic rings. The molecule has 1 aromatic carbocycles. The van der Waals surface area contributed by atoms with E-state index in [4.69, 9.17) is 0 Å². The summed E-state index contributed by atoms with van der Waals surface area (Å²) in [6.07, 6.45) is 8.22. The summed E-state index contributed by atoms with van der Waals surface area (Å²) in [4.78, 5) is 36.1. The lowest BCUT2D eigenvalue weighted by Crippen LogP contribution is -2.48. The van der Waals surface area contributed by atoms with E-state index >= 15 is 0 Å². The lowest BCUT2D eigenvalue weighted by molar-refractivity contribution is -0.131. The zero-order chi connectivity index (χ0) is 19.0. The summed E-state index contributed by atoms with van der Waals surface area (Å²) in [5.41, 5.74) is 1.31. The quantitative estimate of drug-likeness (QED) is 0.754. The molecule has 5 nitrogen and oxygen atoms in total. The molecule has 2 N–H and O–H groups in total. The number of anilines is 1. The fourth-order valence-electron chi connectivity index (χ4n) is 6.11. The Kier molecular flexibility index (Phi) is 4.79. The van der Waals surface area contributed by atoms with Gasteiger partial charge in [-0.1, -0.05) is 12.1 Å². The third-order valence-corrected chi connectivity index (χ3v) is 6.70. The number of hydrogen-bond acceptors (Lipinski definition) is 3. The Morgan fingerprint density at radius 1 is 1.00 bits per heavy atom. The van der Waals surface area contributed by atoms with Crippen LogP contribution in [0.5, 0.6) is 0 Å². The topological polar surface area (TPSA) is 75.3 Å². The van der Waals surface area contributed by atoms with Crippen LogP contribution in [-0.2, 0) is 9.59 Å². The molecule has 27 heavy (non-hydrogen) atoms. The molecule has 0 unspecified atom stereocenters. The van der Waals surface area contributed by atoms with Crippen LogP contribution in [0.4, 0.5) is 5.69 Å². The van der Waals surface area contributed by atoms with E-state index in [0.717, 1.165) is 17.8 Å². The number of hydrogen-bond donors (Lipinski definition) is 2. The highest BCUT2D eigenvalue weighted by atomic mass is 16.2. The number of rotatable bonds is 6. The van der Waals surface area contributed by atoms with Gasteiger partial charge in [-0.15, -0.1) is 0 Å². The summed E-state index contributed by atoms with van der Waals surface area (Å²) >= 11 is 0. The SMILES string of the molecule is CC(=O)c1cccc(NC(=O)CNC(=O)CC23CC4CC(CC(C4)C2)C3)c1. The summed E-state index contributed by atoms with van der Waals surface area (Å²) in [7, 11) is 0. The van der Waals surface area contributed by atoms with Crippen molar-refractivity contribution in [1.82, 2.24) is 5.32 Å². The van der Waals surface area contributed by atoms with Gasteiger partial charge in [-0.25, -0.2) is 0 Å². The Morgan fingerprint density at radius 2 is 1.63 bits per heavy atom. The van der Waals surface area contributed by atoms with Crippen molar-refractivity contribution in [2.45, 2.75) is 51.9 Å². The zero-order valence-corrected chi connectivity index (χ0v) is 15.9. The van der Waals surface area contributed by atoms with Crippen LogP contribution < -0.4 is 10.6 Å². The van der Waals surface area contributed by atoms with Gasteiger partial charge in [0.1, 0.15) is 0 Å². The number of ketones is 1. The molecule has 2 amide bonds. The molecule has 4 fully saturated rings. The van der Waals surface area contributed by atoms with Gasteiger partial charge >= 0.3 is 0 Å². The summed E-state index contributed by atoms with van der Waals surface area (Å²) in [6.45, 7) is 1.46. The molecule has 4 aliphatic carbocycles. The summed E-state index contributed by atoms with van der Waals surface area (Å²) in [6, 6.07) is 6.84. The first-order valence-electron chi connectivity index (χ1n) is 10.1. The van der Waals surface area contributed by atoms with Crippen LogP contribution in [0.2, 0.25) is 0 Å². The number of benzene rings is 1. The van der Waals surface area contributed by atoms with E-state index in [2.05, 4.69) is 10.6 Å². The molecule has 0 aliphatic heterocycles. The first-order chi connectivity index (χ1) is 12.9. The Labute approximate surface area is 160 Å². The Hall–Kier alpha value is -2.17. The third-order valence-electron chi connectivity index (χ3n) is 6.70. The van der Waals surface area contributed by atoms with Gasteiger partial charge in [-0.2, -0.15) is 0 Å². The van der Waals surface area contributed by atoms with Crippen LogP contribution in [0.15, 0.2) is 24.3 Å². The second-order valence-electron chi connectivity index (χ2n) is 9.06. The van der Waals surface area contributed by atoms with Crippen LogP contribution in [0, 0.1) is 23.2 Å². The molecule has 5 heteroatoms. The molecule has 4 aliphatic rings. The number of Topliss-reactive ketones (excluding diaryl/α,β-unsaturated/α-hetero) is 1. The smallest absolute Gasteiger partial charge is 0.243 e. The first-order valence-corrected chi connectivity index (χ1v) is 10.1. The van der Waals surface area contributed by atoms with Gasteiger partial charge in [0.15, 0.2) is 5.78 Å². The summed E-state index contributed by atoms with van der Waals surface area (Å²) < 4.78 is 0. The molecule has 144 valence electrons. The van der Waals surface area contributed by atoms with E-state index in [9.17, 15) is 14.4 Å². The van der Waals surface area contributed by atoms with Crippen molar-refractivity contribution in [3.05, 3.63) is 29.8 Å². The molecule has 0 saturated heterocycles. The van der Waals surface area contributed by atoms with Crippen LogP contribution in [0.25, 0.3) is 0 Å². The number of carbonyl (C=O) groups is 3. The van der Waals surface area contributed by atoms with E-state index in [1.54, 1.807) is 24.3 Å². The predicted octanol–water partition coefficient (Wildman–Crippen LogP) is 3.55. The second kappa shape index (κ2) is 7.10. The molecule has 0 heterocycles. The van der Waals surface area contributed by atoms with Crippen LogP contribution >= 0.6 is 0 Å². The minimum atomic E-state index is -0.269. The maximum absolute atomic E-state index is 12.5. The van der Waals surface area contributed by atoms with Crippen molar-refractivity contribution < 1.29 is 14.4 Å². The Balaban J connectivity index is 1.27. The van der Waals surface area contributed by atoms with Crippen molar-refractivity contribution in [1.29, 1.82) is 0 Å². The largest absolute Gasteiger partial charge is 0.347 e. The first kappa shape index (κ1) is 18.2. The third kappa shape index (κ3) is 4.07. The predicted molar refractivity (Wildman–Crippen MR) is 103 cm³/mol. The molecule has 4 saturated carbocycles. The average Bonchev–Trinajstić information content (AvgIpc) is 2.58. The van der Waals surface area contributed by atoms with Gasteiger partial charge in [-0.05, 0) is 80.8 Å². The molecule has 0 radical (unpaired) electrons. The van der Waals surface area contributed by atoms with Gasteiger partial charge in [0.2, 0.25) is 11.8 Å². The summed E-state index contributed by atoms with van der Waals surface area (Å²) in [5, 5.41) is 5.54. The normalized spacial score (nSPS) is 30.8. The van der Waals surface area contributed by atoms with Crippen LogP contribution in [0.3, 0.4) is 0 Å². The van der Waals surface area contributed by atoms with Crippen molar-refractivity contribution >= 4 is 23.3 Å². The van der Waals surface area contributed by atoms with E-state index in [0.29, 0.717) is 17.7 Å². The highest BCUT2D eigenvalue weighted by molar-refractivity contribution is 5.98. The van der Waals surface area contributed by atoms with Crippen LogP contribution in [0.1, 0.15) is 62.2 Å². The van der Waals surface area contributed by atoms with Crippen molar-refractivity contribution in [3.63, 3.8) is 0 Å². The fourth-order valence-corrected chi connectivity index (χ4v) is 6.11. The molecular formula is C22H28N2O3. The minimum Gasteiger partial charge on any atom is -0.347 e. The van der Waals surface area contributed by atoms with Gasteiger partial charge < -0.3 is 10.6 Å². The van der Waals surface area contributed by atoms with Gasteiger partial charge in [0.05, 0.1) is 6.54 Å². The highest BCUT2D eigenvalue weighted by Gasteiger charge is 2.51. The highest BCUT2D eigenvalue weighted by Crippen LogP contribution is 2.61. The van der Waals surface area contributed by atoms with Gasteiger partial charge in [-0.3, -0.25) is 14.4 Å². The van der Waals surface area contributed by atoms with Crippen molar-refractivity contribution in [2.24, 2.45) is 23.2 Å². The number of nitrogens with one attached hydrogen (secondary N) is 2. The summed E-state index contributed by atoms with van der Waals surface area (Å²) in [5.74, 6) is 2.14. The van der Waals surface area contributed by atoms with E-state index < -0.39 is 0 Å². The van der Waals surface area contributed by atoms with E-state index in [1.807, 2.05) is 0 Å². The Morgan fingerprint density at radius 3 is 2.22 bits per heavy atom. The fraction of sp³-hybridized carbons (Fsp3) is 0.591. The minimum absolute atomic E-state index is 0.00964.